The van der Waals surface area contributed by atoms with E-state index in [2.05, 4.69) is 52.7 Å². The molecule has 2 aromatic rings. The van der Waals surface area contributed by atoms with Gasteiger partial charge in [-0.15, -0.1) is 0 Å². The molecule has 0 spiro atoms. The highest BCUT2D eigenvalue weighted by molar-refractivity contribution is 5.64. The van der Waals surface area contributed by atoms with Crippen LogP contribution in [0.5, 0.6) is 0 Å². The second-order valence-electron chi connectivity index (χ2n) is 8.08. The van der Waals surface area contributed by atoms with Crippen LogP contribution in [-0.2, 0) is 24.3 Å². The average molecular weight is 399 g/mol. The predicted octanol–water partition coefficient (Wildman–Crippen LogP) is 4.43. The van der Waals surface area contributed by atoms with E-state index in [4.69, 9.17) is 0 Å². The fourth-order valence-electron chi connectivity index (χ4n) is 3.90. The summed E-state index contributed by atoms with van der Waals surface area (Å²) in [4.78, 5) is 10.8. The van der Waals surface area contributed by atoms with Crippen LogP contribution in [-0.4, -0.2) is 10.5 Å². The third-order valence-corrected chi connectivity index (χ3v) is 5.57. The molecule has 0 aliphatic carbocycles. The van der Waals surface area contributed by atoms with Crippen molar-refractivity contribution < 1.29 is 14.5 Å². The van der Waals surface area contributed by atoms with Crippen LogP contribution >= 0.6 is 0 Å². The van der Waals surface area contributed by atoms with E-state index in [1.165, 1.54) is 69.2 Å². The molecule has 1 aromatic heterocycles. The van der Waals surface area contributed by atoms with Gasteiger partial charge < -0.3 is 9.90 Å². The van der Waals surface area contributed by atoms with Crippen molar-refractivity contribution in [2.75, 3.05) is 0 Å². The Kier molecular flexibility index (Phi) is 11.2. The normalized spacial score (nSPS) is 11.1. The quantitative estimate of drug-likeness (QED) is 0.310. The highest BCUT2D eigenvalue weighted by Gasteiger charge is 2.17. The molecule has 0 saturated heterocycles. The zero-order chi connectivity index (χ0) is 20.7. The zero-order valence-electron chi connectivity index (χ0n) is 18.2. The van der Waals surface area contributed by atoms with E-state index >= 15 is 0 Å². The van der Waals surface area contributed by atoms with Crippen LogP contribution in [0.25, 0.3) is 0 Å². The number of aromatic nitrogens is 2. The maximum Gasteiger partial charge on any atom is 0.256 e. The molecule has 0 radical (unpaired) electrons. The third kappa shape index (κ3) is 9.29. The summed E-state index contributed by atoms with van der Waals surface area (Å²) >= 11 is 0. The van der Waals surface area contributed by atoms with E-state index in [1.807, 2.05) is 6.07 Å². The number of rotatable bonds is 16. The Labute approximate surface area is 176 Å². The second kappa shape index (κ2) is 14.0. The molecule has 160 valence electrons. The van der Waals surface area contributed by atoms with E-state index < -0.39 is 5.97 Å². The van der Waals surface area contributed by atoms with E-state index in [0.29, 0.717) is 6.42 Å². The molecule has 0 atom stereocenters. The number of nitrogens with zero attached hydrogens (tertiary/aromatic N) is 2. The van der Waals surface area contributed by atoms with Gasteiger partial charge in [0.15, 0.2) is 0 Å². The van der Waals surface area contributed by atoms with Gasteiger partial charge in [0.25, 0.3) is 5.82 Å². The first kappa shape index (κ1) is 23.2. The third-order valence-electron chi connectivity index (χ3n) is 5.57. The molecule has 4 nitrogen and oxygen atoms in total. The van der Waals surface area contributed by atoms with E-state index in [0.717, 1.165) is 19.5 Å². The highest BCUT2D eigenvalue weighted by atomic mass is 16.4. The first-order valence-electron chi connectivity index (χ1n) is 11.5. The Bertz CT molecular complexity index is 694. The molecule has 0 N–H and O–H groups in total. The van der Waals surface area contributed by atoms with Gasteiger partial charge >= 0.3 is 0 Å². The summed E-state index contributed by atoms with van der Waals surface area (Å²) in [6.45, 7) is 3.86. The molecule has 0 fully saturated rings. The SMILES string of the molecule is CCCCCCCCCCCc1n(CCCC(=O)[O-])cc[n+]1Cc1ccccc1. The molecule has 0 bridgehead atoms. The van der Waals surface area contributed by atoms with Crippen molar-refractivity contribution in [3.63, 3.8) is 0 Å². The lowest BCUT2D eigenvalue weighted by molar-refractivity contribution is -0.695. The molecule has 2 rings (SSSR count). The molecular formula is C25H38N2O2. The summed E-state index contributed by atoms with van der Waals surface area (Å²) in [5.41, 5.74) is 1.29. The first-order valence-corrected chi connectivity index (χ1v) is 11.5. The molecule has 29 heavy (non-hydrogen) atoms. The number of unbranched alkanes of at least 4 members (excludes halogenated alkanes) is 8. The van der Waals surface area contributed by atoms with Crippen molar-refractivity contribution in [3.8, 4) is 0 Å². The molecular weight excluding hydrogens is 360 g/mol. The van der Waals surface area contributed by atoms with E-state index in [1.54, 1.807) is 0 Å². The number of benzene rings is 1. The Hall–Kier alpha value is -2.10. The Morgan fingerprint density at radius 3 is 2.24 bits per heavy atom. The Morgan fingerprint density at radius 2 is 1.59 bits per heavy atom. The smallest absolute Gasteiger partial charge is 0.256 e. The fourth-order valence-corrected chi connectivity index (χ4v) is 3.90. The fraction of sp³-hybridized carbons (Fsp3) is 0.600. The minimum Gasteiger partial charge on any atom is -0.550 e. The van der Waals surface area contributed by atoms with Crippen LogP contribution in [0.4, 0.5) is 0 Å². The molecule has 0 unspecified atom stereocenters. The standard InChI is InChI=1S/C25H38N2O2/c1-2-3-4-5-6-7-8-9-13-17-24-26(19-14-18-25(28)29)20-21-27(24)22-23-15-11-10-12-16-23/h10-12,15-16,20-21H,2-9,13-14,17-19,22H2,1H3. The molecule has 1 aromatic carbocycles. The topological polar surface area (TPSA) is 48.9 Å². The minimum absolute atomic E-state index is 0.119. The predicted molar refractivity (Wildman–Crippen MR) is 115 cm³/mol. The highest BCUT2D eigenvalue weighted by Crippen LogP contribution is 2.12. The summed E-state index contributed by atoms with van der Waals surface area (Å²) in [6, 6.07) is 10.5. The van der Waals surface area contributed by atoms with Gasteiger partial charge in [0.1, 0.15) is 18.9 Å². The molecule has 0 aliphatic heterocycles. The maximum atomic E-state index is 10.8. The summed E-state index contributed by atoms with van der Waals surface area (Å²) < 4.78 is 4.55. The van der Waals surface area contributed by atoms with Crippen molar-refractivity contribution in [2.24, 2.45) is 0 Å². The largest absolute Gasteiger partial charge is 0.550 e. The lowest BCUT2D eigenvalue weighted by Crippen LogP contribution is -2.38. The number of hydrogen-bond donors (Lipinski definition) is 0. The summed E-state index contributed by atoms with van der Waals surface area (Å²) in [7, 11) is 0. The number of carboxylic acid groups (broad SMARTS) is 1. The number of aryl methyl sites for hydroxylation is 1. The minimum atomic E-state index is -0.963. The van der Waals surface area contributed by atoms with E-state index in [-0.39, 0.29) is 6.42 Å². The maximum absolute atomic E-state index is 10.8. The molecule has 4 heteroatoms. The van der Waals surface area contributed by atoms with E-state index in [9.17, 15) is 9.90 Å². The van der Waals surface area contributed by atoms with Gasteiger partial charge in [-0.3, -0.25) is 0 Å². The van der Waals surface area contributed by atoms with Crippen molar-refractivity contribution in [3.05, 3.63) is 54.1 Å². The van der Waals surface area contributed by atoms with Crippen molar-refractivity contribution >= 4 is 5.97 Å². The number of hydrogen-bond acceptors (Lipinski definition) is 2. The summed E-state index contributed by atoms with van der Waals surface area (Å²) in [5.74, 6) is 0.338. The second-order valence-corrected chi connectivity index (χ2v) is 8.08. The summed E-state index contributed by atoms with van der Waals surface area (Å²) in [5, 5.41) is 10.8. The van der Waals surface area contributed by atoms with Crippen molar-refractivity contribution in [2.45, 2.75) is 97.1 Å². The van der Waals surface area contributed by atoms with Crippen LogP contribution in [0.3, 0.4) is 0 Å². The summed E-state index contributed by atoms with van der Waals surface area (Å²) in [6.07, 6.45) is 17.9. The molecule has 1 heterocycles. The lowest BCUT2D eigenvalue weighted by atomic mass is 10.1. The van der Waals surface area contributed by atoms with Gasteiger partial charge in [0, 0.05) is 12.4 Å². The van der Waals surface area contributed by atoms with Gasteiger partial charge in [-0.25, -0.2) is 9.13 Å². The van der Waals surface area contributed by atoms with Crippen LogP contribution < -0.4 is 9.67 Å². The monoisotopic (exact) mass is 398 g/mol. The van der Waals surface area contributed by atoms with Crippen LogP contribution in [0.2, 0.25) is 0 Å². The number of imidazole rings is 1. The van der Waals surface area contributed by atoms with Gasteiger partial charge in [0.05, 0.1) is 6.54 Å². The Morgan fingerprint density at radius 1 is 0.931 bits per heavy atom. The van der Waals surface area contributed by atoms with Crippen LogP contribution in [0.15, 0.2) is 42.7 Å². The van der Waals surface area contributed by atoms with Gasteiger partial charge in [-0.2, -0.15) is 0 Å². The number of carbonyl (C=O) groups is 1. The van der Waals surface area contributed by atoms with Crippen LogP contribution in [0, 0.1) is 0 Å². The zero-order valence-corrected chi connectivity index (χ0v) is 18.2. The average Bonchev–Trinajstić information content (AvgIpc) is 3.08. The number of carboxylic acids is 1. The van der Waals surface area contributed by atoms with Gasteiger partial charge in [0.2, 0.25) is 0 Å². The molecule has 0 aliphatic rings. The van der Waals surface area contributed by atoms with Crippen LogP contribution in [0.1, 0.15) is 88.9 Å². The number of aliphatic carboxylic acids is 1. The van der Waals surface area contributed by atoms with Gasteiger partial charge in [-0.1, -0.05) is 88.6 Å². The van der Waals surface area contributed by atoms with Gasteiger partial charge in [-0.05, 0) is 24.8 Å². The van der Waals surface area contributed by atoms with Crippen molar-refractivity contribution in [1.29, 1.82) is 0 Å². The molecule has 0 saturated carbocycles. The molecule has 0 amide bonds. The Balaban J connectivity index is 1.84. The lowest BCUT2D eigenvalue weighted by Gasteiger charge is -2.07. The van der Waals surface area contributed by atoms with Crippen molar-refractivity contribution in [1.82, 2.24) is 4.57 Å². The number of carbonyl (C=O) groups excluding carboxylic acids is 1. The first-order chi connectivity index (χ1) is 14.2.